The number of halogens is 2. The van der Waals surface area contributed by atoms with Crippen LogP contribution < -0.4 is 4.84 Å². The van der Waals surface area contributed by atoms with E-state index in [2.05, 4.69) is 24.2 Å². The number of nitrogens with zero attached hydrogens (tertiary/aromatic N) is 4. The third kappa shape index (κ3) is 4.01. The van der Waals surface area contributed by atoms with Crippen LogP contribution in [-0.2, 0) is 16.6 Å². The number of piperidine rings is 1. The maximum absolute atomic E-state index is 14.0. The maximum atomic E-state index is 14.0. The molecule has 1 fully saturated rings. The molecule has 10 heteroatoms. The first kappa shape index (κ1) is 21.0. The van der Waals surface area contributed by atoms with E-state index in [0.29, 0.717) is 36.0 Å². The van der Waals surface area contributed by atoms with Crippen LogP contribution in [0.1, 0.15) is 25.8 Å². The molecule has 7 nitrogen and oxygen atoms in total. The Morgan fingerprint density at radius 3 is 2.63 bits per heavy atom. The van der Waals surface area contributed by atoms with Gasteiger partial charge in [-0.1, -0.05) is 36.4 Å². The van der Waals surface area contributed by atoms with Crippen molar-refractivity contribution < 1.29 is 17.6 Å². The molecule has 4 rings (SSSR count). The summed E-state index contributed by atoms with van der Waals surface area (Å²) in [4.78, 5) is 6.81. The van der Waals surface area contributed by atoms with Crippen LogP contribution in [0.3, 0.4) is 0 Å². The average Bonchev–Trinajstić information content (AvgIpc) is 3.09. The van der Waals surface area contributed by atoms with Crippen molar-refractivity contribution in [2.75, 3.05) is 13.1 Å². The van der Waals surface area contributed by atoms with Crippen molar-refractivity contribution >= 4 is 32.7 Å². The highest BCUT2D eigenvalue weighted by Gasteiger charge is 2.32. The minimum Gasteiger partial charge on any atom is -0.390 e. The van der Waals surface area contributed by atoms with Crippen LogP contribution in [-0.4, -0.2) is 41.0 Å². The second kappa shape index (κ2) is 8.13. The first-order valence-corrected chi connectivity index (χ1v) is 11.5. The van der Waals surface area contributed by atoms with Crippen molar-refractivity contribution in [2.24, 2.45) is 11.8 Å². The lowest BCUT2D eigenvalue weighted by Crippen LogP contribution is -2.42. The monoisotopic (exact) mass is 452 g/mol. The molecule has 0 radical (unpaired) electrons. The second-order valence-electron chi connectivity index (χ2n) is 7.85. The predicted molar refractivity (Wildman–Crippen MR) is 111 cm³/mol. The molecule has 0 aliphatic carbocycles. The molecule has 0 bridgehead atoms. The van der Waals surface area contributed by atoms with Crippen LogP contribution in [0.25, 0.3) is 11.0 Å². The molecule has 2 unspecified atom stereocenters. The summed E-state index contributed by atoms with van der Waals surface area (Å²) >= 11 is 6.03. The summed E-state index contributed by atoms with van der Waals surface area (Å²) in [6.45, 7) is 4.92. The highest BCUT2D eigenvalue weighted by molar-refractivity contribution is 7.89. The molecule has 2 atom stereocenters. The van der Waals surface area contributed by atoms with Crippen LogP contribution in [0.15, 0.2) is 41.3 Å². The normalized spacial score (nSPS) is 20.5. The standard InChI is InChI=1S/C20H22ClFN4O3S/c1-13-8-14(2)11-25(10-13)30(27,28)15-6-7-19-20(9-15)26(24-23-19)29-12-16-17(21)4-3-5-18(16)22/h3-7,9,13-14H,8,10-12H2,1-2H3. The van der Waals surface area contributed by atoms with Gasteiger partial charge in [0.25, 0.3) is 0 Å². The molecule has 1 saturated heterocycles. The largest absolute Gasteiger partial charge is 0.390 e. The minimum atomic E-state index is -3.67. The summed E-state index contributed by atoms with van der Waals surface area (Å²) in [6.07, 6.45) is 1.01. The van der Waals surface area contributed by atoms with Gasteiger partial charge in [0.15, 0.2) is 0 Å². The van der Waals surface area contributed by atoms with E-state index in [0.717, 1.165) is 11.3 Å². The molecule has 1 aliphatic heterocycles. The Morgan fingerprint density at radius 2 is 1.93 bits per heavy atom. The molecule has 0 spiro atoms. The lowest BCUT2D eigenvalue weighted by atomic mass is 9.94. The number of hydrogen-bond donors (Lipinski definition) is 0. The van der Waals surface area contributed by atoms with Gasteiger partial charge in [0.2, 0.25) is 10.0 Å². The Kier molecular flexibility index (Phi) is 5.69. The Bertz CT molecular complexity index is 1150. The SMILES string of the molecule is CC1CC(C)CN(S(=O)(=O)c2ccc3nnn(OCc4c(F)cccc4Cl)c3c2)C1. The van der Waals surface area contributed by atoms with E-state index in [1.54, 1.807) is 12.1 Å². The quantitative estimate of drug-likeness (QED) is 0.592. The van der Waals surface area contributed by atoms with Gasteiger partial charge in [0, 0.05) is 18.7 Å². The van der Waals surface area contributed by atoms with E-state index in [4.69, 9.17) is 16.4 Å². The number of benzene rings is 2. The van der Waals surface area contributed by atoms with E-state index in [9.17, 15) is 12.8 Å². The van der Waals surface area contributed by atoms with Gasteiger partial charge in [-0.05, 0) is 53.8 Å². The number of aromatic nitrogens is 3. The highest BCUT2D eigenvalue weighted by Crippen LogP contribution is 2.28. The first-order chi connectivity index (χ1) is 14.3. The molecule has 1 aliphatic rings. The predicted octanol–water partition coefficient (Wildman–Crippen LogP) is 3.52. The van der Waals surface area contributed by atoms with E-state index in [1.165, 1.54) is 28.6 Å². The molecule has 0 N–H and O–H groups in total. The number of fused-ring (bicyclic) bond motifs is 1. The van der Waals surface area contributed by atoms with Crippen molar-refractivity contribution in [3.8, 4) is 0 Å². The summed E-state index contributed by atoms with van der Waals surface area (Å²) in [5.74, 6) is 0.102. The van der Waals surface area contributed by atoms with Gasteiger partial charge in [-0.25, -0.2) is 12.8 Å². The summed E-state index contributed by atoms with van der Waals surface area (Å²) in [5.41, 5.74) is 1.03. The van der Waals surface area contributed by atoms with Crippen molar-refractivity contribution in [1.82, 2.24) is 19.5 Å². The molecular formula is C20H22ClFN4O3S. The van der Waals surface area contributed by atoms with Gasteiger partial charge >= 0.3 is 0 Å². The van der Waals surface area contributed by atoms with Gasteiger partial charge in [-0.15, -0.1) is 5.10 Å². The molecule has 3 aromatic rings. The highest BCUT2D eigenvalue weighted by atomic mass is 35.5. The van der Waals surface area contributed by atoms with Crippen molar-refractivity contribution in [2.45, 2.75) is 31.8 Å². The van der Waals surface area contributed by atoms with E-state index in [-0.39, 0.29) is 22.1 Å². The molecule has 2 heterocycles. The van der Waals surface area contributed by atoms with Gasteiger partial charge in [0.05, 0.1) is 9.92 Å². The smallest absolute Gasteiger partial charge is 0.243 e. The zero-order valence-corrected chi connectivity index (χ0v) is 18.2. The van der Waals surface area contributed by atoms with Crippen molar-refractivity contribution in [3.63, 3.8) is 0 Å². The fourth-order valence-corrected chi connectivity index (χ4v) is 5.80. The molecule has 30 heavy (non-hydrogen) atoms. The van der Waals surface area contributed by atoms with E-state index in [1.807, 2.05) is 0 Å². The summed E-state index contributed by atoms with van der Waals surface area (Å²) in [6, 6.07) is 8.95. The Morgan fingerprint density at radius 1 is 1.20 bits per heavy atom. The lowest BCUT2D eigenvalue weighted by molar-refractivity contribution is 0.0734. The van der Waals surface area contributed by atoms with Crippen LogP contribution in [0.5, 0.6) is 0 Å². The van der Waals surface area contributed by atoms with Crippen LogP contribution in [0.4, 0.5) is 4.39 Å². The van der Waals surface area contributed by atoms with Crippen molar-refractivity contribution in [1.29, 1.82) is 0 Å². The fraction of sp³-hybridized carbons (Fsp3) is 0.400. The average molecular weight is 453 g/mol. The van der Waals surface area contributed by atoms with E-state index >= 15 is 0 Å². The first-order valence-electron chi connectivity index (χ1n) is 9.67. The fourth-order valence-electron chi connectivity index (χ4n) is 3.88. The molecule has 2 aromatic carbocycles. The molecule has 0 saturated carbocycles. The van der Waals surface area contributed by atoms with Gasteiger partial charge in [-0.2, -0.15) is 4.31 Å². The van der Waals surface area contributed by atoms with Crippen LogP contribution in [0.2, 0.25) is 5.02 Å². The Hall–Kier alpha value is -2.23. The summed E-state index contributed by atoms with van der Waals surface area (Å²) < 4.78 is 41.9. The van der Waals surface area contributed by atoms with Gasteiger partial charge in [-0.3, -0.25) is 0 Å². The second-order valence-corrected chi connectivity index (χ2v) is 10.2. The van der Waals surface area contributed by atoms with Crippen LogP contribution >= 0.6 is 11.6 Å². The zero-order valence-electron chi connectivity index (χ0n) is 16.6. The van der Waals surface area contributed by atoms with Crippen molar-refractivity contribution in [3.05, 3.63) is 52.8 Å². The molecule has 160 valence electrons. The zero-order chi connectivity index (χ0) is 21.5. The topological polar surface area (TPSA) is 77.3 Å². The third-order valence-corrected chi connectivity index (χ3v) is 7.43. The molecular weight excluding hydrogens is 431 g/mol. The Labute approximate surface area is 179 Å². The number of sulfonamides is 1. The molecule has 1 aromatic heterocycles. The molecule has 0 amide bonds. The number of rotatable bonds is 5. The number of hydrogen-bond acceptors (Lipinski definition) is 5. The minimum absolute atomic E-state index is 0.146. The lowest BCUT2D eigenvalue weighted by Gasteiger charge is -2.34. The van der Waals surface area contributed by atoms with Crippen LogP contribution in [0, 0.1) is 17.7 Å². The summed E-state index contributed by atoms with van der Waals surface area (Å²) in [7, 11) is -3.67. The maximum Gasteiger partial charge on any atom is 0.243 e. The van der Waals surface area contributed by atoms with Gasteiger partial charge in [0.1, 0.15) is 23.5 Å². The van der Waals surface area contributed by atoms with E-state index < -0.39 is 15.8 Å². The third-order valence-electron chi connectivity index (χ3n) is 5.25. The summed E-state index contributed by atoms with van der Waals surface area (Å²) in [5, 5.41) is 8.12. The Balaban J connectivity index is 1.63. The van der Waals surface area contributed by atoms with Gasteiger partial charge < -0.3 is 4.84 Å².